The Hall–Kier alpha value is -2.77. The maximum Gasteiger partial charge on any atom is 0.354 e. The molecule has 0 aliphatic carbocycles. The molecule has 8 nitrogen and oxygen atoms in total. The van der Waals surface area contributed by atoms with Crippen molar-refractivity contribution in [2.75, 3.05) is 6.61 Å². The van der Waals surface area contributed by atoms with Crippen molar-refractivity contribution in [2.24, 2.45) is 5.10 Å². The minimum Gasteiger partial charge on any atom is -0.461 e. The summed E-state index contributed by atoms with van der Waals surface area (Å²) in [6.07, 6.45) is 0. The summed E-state index contributed by atoms with van der Waals surface area (Å²) in [5, 5.41) is 14.2. The van der Waals surface area contributed by atoms with Crippen molar-refractivity contribution in [2.45, 2.75) is 13.8 Å². The zero-order chi connectivity index (χ0) is 15.1. The van der Waals surface area contributed by atoms with Crippen molar-refractivity contribution in [3.8, 4) is 0 Å². The molecule has 20 heavy (non-hydrogen) atoms. The summed E-state index contributed by atoms with van der Waals surface area (Å²) >= 11 is 0. The lowest BCUT2D eigenvalue weighted by Gasteiger charge is -2.02. The van der Waals surface area contributed by atoms with E-state index in [2.05, 4.69) is 15.3 Å². The standard InChI is InChI=1S/C12H13N3O5/c1-3-20-12(17)8(2)13-14-11(16)9-5-4-6-10(7-9)15(18)19/h4-7H,3H2,1-2H3,(H,14,16)/b13-8-. The molecule has 8 heteroatoms. The first-order valence-electron chi connectivity index (χ1n) is 5.72. The molecular formula is C12H13N3O5. The number of carbonyl (C=O) groups excluding carboxylic acids is 2. The first kappa shape index (κ1) is 15.3. The summed E-state index contributed by atoms with van der Waals surface area (Å²) in [7, 11) is 0. The lowest BCUT2D eigenvalue weighted by Crippen LogP contribution is -2.23. The predicted octanol–water partition coefficient (Wildman–Crippen LogP) is 1.26. The van der Waals surface area contributed by atoms with E-state index < -0.39 is 16.8 Å². The van der Waals surface area contributed by atoms with Crippen LogP contribution in [0.15, 0.2) is 29.4 Å². The first-order chi connectivity index (χ1) is 9.45. The highest BCUT2D eigenvalue weighted by Gasteiger charge is 2.12. The Labute approximate surface area is 114 Å². The molecule has 0 fully saturated rings. The largest absolute Gasteiger partial charge is 0.461 e. The molecule has 0 radical (unpaired) electrons. The van der Waals surface area contributed by atoms with Crippen LogP contribution in [0.1, 0.15) is 24.2 Å². The third-order valence-electron chi connectivity index (χ3n) is 2.22. The van der Waals surface area contributed by atoms with Gasteiger partial charge < -0.3 is 4.74 Å². The van der Waals surface area contributed by atoms with Crippen LogP contribution >= 0.6 is 0 Å². The second kappa shape index (κ2) is 6.98. The summed E-state index contributed by atoms with van der Waals surface area (Å²) in [4.78, 5) is 32.9. The minimum absolute atomic E-state index is 0.0226. The number of nitro benzene ring substituents is 1. The Morgan fingerprint density at radius 2 is 2.15 bits per heavy atom. The number of non-ortho nitro benzene ring substituents is 1. The molecule has 0 bridgehead atoms. The van der Waals surface area contributed by atoms with Crippen LogP contribution in [0.5, 0.6) is 0 Å². The zero-order valence-corrected chi connectivity index (χ0v) is 11.0. The molecule has 0 aliphatic rings. The third kappa shape index (κ3) is 4.16. The van der Waals surface area contributed by atoms with E-state index >= 15 is 0 Å². The van der Waals surface area contributed by atoms with E-state index in [0.717, 1.165) is 6.07 Å². The smallest absolute Gasteiger partial charge is 0.354 e. The molecule has 0 saturated carbocycles. The van der Waals surface area contributed by atoms with E-state index in [1.165, 1.54) is 25.1 Å². The van der Waals surface area contributed by atoms with Gasteiger partial charge in [-0.2, -0.15) is 5.10 Å². The van der Waals surface area contributed by atoms with Crippen LogP contribution in [0, 0.1) is 10.1 Å². The molecule has 0 unspecified atom stereocenters. The van der Waals surface area contributed by atoms with Gasteiger partial charge in [-0.05, 0) is 19.9 Å². The van der Waals surface area contributed by atoms with Crippen LogP contribution in [-0.2, 0) is 9.53 Å². The van der Waals surface area contributed by atoms with E-state index in [1.807, 2.05) is 0 Å². The molecule has 0 aliphatic heterocycles. The number of hydrazone groups is 1. The van der Waals surface area contributed by atoms with Crippen molar-refractivity contribution in [1.82, 2.24) is 5.43 Å². The fraction of sp³-hybridized carbons (Fsp3) is 0.250. The maximum atomic E-state index is 11.7. The second-order valence-corrected chi connectivity index (χ2v) is 3.67. The molecule has 0 aromatic heterocycles. The van der Waals surface area contributed by atoms with Crippen LogP contribution in [0.4, 0.5) is 5.69 Å². The lowest BCUT2D eigenvalue weighted by atomic mass is 10.2. The molecule has 1 rings (SSSR count). The van der Waals surface area contributed by atoms with Gasteiger partial charge in [0.25, 0.3) is 11.6 Å². The highest BCUT2D eigenvalue weighted by Crippen LogP contribution is 2.12. The van der Waals surface area contributed by atoms with Crippen LogP contribution < -0.4 is 5.43 Å². The van der Waals surface area contributed by atoms with Gasteiger partial charge in [0.2, 0.25) is 0 Å². The molecule has 106 valence electrons. The van der Waals surface area contributed by atoms with Gasteiger partial charge in [0.05, 0.1) is 11.5 Å². The monoisotopic (exact) mass is 279 g/mol. The van der Waals surface area contributed by atoms with Gasteiger partial charge in [-0.15, -0.1) is 0 Å². The van der Waals surface area contributed by atoms with Gasteiger partial charge in [0.15, 0.2) is 0 Å². The molecule has 0 saturated heterocycles. The number of benzene rings is 1. The van der Waals surface area contributed by atoms with Gasteiger partial charge in [0, 0.05) is 17.7 Å². The van der Waals surface area contributed by atoms with Crippen molar-refractivity contribution >= 4 is 23.3 Å². The first-order valence-corrected chi connectivity index (χ1v) is 5.72. The highest BCUT2D eigenvalue weighted by atomic mass is 16.6. The molecule has 0 spiro atoms. The average Bonchev–Trinajstić information content (AvgIpc) is 2.44. The average molecular weight is 279 g/mol. The van der Waals surface area contributed by atoms with Crippen molar-refractivity contribution in [3.05, 3.63) is 39.9 Å². The SMILES string of the molecule is CCOC(=O)/C(C)=N\NC(=O)c1cccc([N+](=O)[O-])c1. The van der Waals surface area contributed by atoms with E-state index in [-0.39, 0.29) is 23.6 Å². The Morgan fingerprint density at radius 3 is 2.75 bits per heavy atom. The van der Waals surface area contributed by atoms with E-state index in [9.17, 15) is 19.7 Å². The molecular weight excluding hydrogens is 266 g/mol. The quantitative estimate of drug-likeness (QED) is 0.377. The summed E-state index contributed by atoms with van der Waals surface area (Å²) < 4.78 is 4.68. The summed E-state index contributed by atoms with van der Waals surface area (Å²) in [6, 6.07) is 5.17. The number of carbonyl (C=O) groups is 2. The number of nitrogens with one attached hydrogen (secondary N) is 1. The normalized spacial score (nSPS) is 10.8. The zero-order valence-electron chi connectivity index (χ0n) is 11.0. The number of hydrogen-bond acceptors (Lipinski definition) is 6. The molecule has 1 N–H and O–H groups in total. The maximum absolute atomic E-state index is 11.7. The Bertz CT molecular complexity index is 568. The van der Waals surface area contributed by atoms with E-state index in [4.69, 9.17) is 0 Å². The summed E-state index contributed by atoms with van der Waals surface area (Å²) in [6.45, 7) is 3.23. The van der Waals surface area contributed by atoms with Gasteiger partial charge in [-0.25, -0.2) is 10.2 Å². The van der Waals surface area contributed by atoms with E-state index in [1.54, 1.807) is 6.92 Å². The topological polar surface area (TPSA) is 111 Å². The number of rotatable bonds is 5. The fourth-order valence-electron chi connectivity index (χ4n) is 1.24. The van der Waals surface area contributed by atoms with Crippen LogP contribution in [0.3, 0.4) is 0 Å². The summed E-state index contributed by atoms with van der Waals surface area (Å²) in [5.41, 5.74) is 1.97. The fourth-order valence-corrected chi connectivity index (χ4v) is 1.24. The summed E-state index contributed by atoms with van der Waals surface area (Å²) in [5.74, 6) is -1.30. The van der Waals surface area contributed by atoms with Crippen molar-refractivity contribution < 1.29 is 19.2 Å². The Morgan fingerprint density at radius 1 is 1.45 bits per heavy atom. The number of ether oxygens (including phenoxy) is 1. The van der Waals surface area contributed by atoms with Gasteiger partial charge >= 0.3 is 5.97 Å². The number of nitro groups is 1. The predicted molar refractivity (Wildman–Crippen MR) is 70.3 cm³/mol. The molecule has 1 aromatic carbocycles. The number of hydrogen-bond donors (Lipinski definition) is 1. The lowest BCUT2D eigenvalue weighted by molar-refractivity contribution is -0.384. The van der Waals surface area contributed by atoms with Crippen LogP contribution in [-0.4, -0.2) is 29.1 Å². The number of nitrogens with zero attached hydrogens (tertiary/aromatic N) is 2. The van der Waals surface area contributed by atoms with Gasteiger partial charge in [0.1, 0.15) is 5.71 Å². The highest BCUT2D eigenvalue weighted by molar-refractivity contribution is 6.35. The molecule has 1 amide bonds. The molecule has 0 heterocycles. The molecule has 1 aromatic rings. The molecule has 0 atom stereocenters. The van der Waals surface area contributed by atoms with E-state index in [0.29, 0.717) is 0 Å². The van der Waals surface area contributed by atoms with Gasteiger partial charge in [-0.1, -0.05) is 6.07 Å². The number of amides is 1. The number of esters is 1. The Kier molecular flexibility index (Phi) is 5.33. The van der Waals surface area contributed by atoms with Crippen LogP contribution in [0.2, 0.25) is 0 Å². The van der Waals surface area contributed by atoms with Crippen LogP contribution in [0.25, 0.3) is 0 Å². The Balaban J connectivity index is 2.77. The van der Waals surface area contributed by atoms with Crippen molar-refractivity contribution in [3.63, 3.8) is 0 Å². The third-order valence-corrected chi connectivity index (χ3v) is 2.22. The minimum atomic E-state index is -0.655. The second-order valence-electron chi connectivity index (χ2n) is 3.67. The van der Waals surface area contributed by atoms with Crippen molar-refractivity contribution in [1.29, 1.82) is 0 Å². The van der Waals surface area contributed by atoms with Gasteiger partial charge in [-0.3, -0.25) is 14.9 Å².